The average molecular weight is 297 g/mol. The van der Waals surface area contributed by atoms with Crippen molar-refractivity contribution in [3.63, 3.8) is 0 Å². The molecule has 1 aromatic rings. The second kappa shape index (κ2) is 6.95. The van der Waals surface area contributed by atoms with E-state index in [1.807, 2.05) is 18.2 Å². The monoisotopic (exact) mass is 296 g/mol. The van der Waals surface area contributed by atoms with Gasteiger partial charge in [-0.15, -0.1) is 0 Å². The summed E-state index contributed by atoms with van der Waals surface area (Å²) in [6, 6.07) is 8.08. The molecule has 1 aliphatic heterocycles. The molecule has 1 amide bonds. The quantitative estimate of drug-likeness (QED) is 0.633. The van der Waals surface area contributed by atoms with Crippen LogP contribution in [0.3, 0.4) is 0 Å². The van der Waals surface area contributed by atoms with E-state index in [0.29, 0.717) is 13.1 Å². The number of amides is 1. The fourth-order valence-electron chi connectivity index (χ4n) is 2.43. The van der Waals surface area contributed by atoms with Gasteiger partial charge in [0.15, 0.2) is 0 Å². The van der Waals surface area contributed by atoms with Crippen LogP contribution in [0.1, 0.15) is 12.5 Å². The summed E-state index contributed by atoms with van der Waals surface area (Å²) < 4.78 is 5.92. The smallest absolute Gasteiger partial charge is 0.316 e. The Bertz CT molecular complexity index is 459. The summed E-state index contributed by atoms with van der Waals surface area (Å²) in [4.78, 5) is 15.0. The summed E-state index contributed by atoms with van der Waals surface area (Å²) in [6.45, 7) is 8.07. The molecule has 0 aromatic heterocycles. The summed E-state index contributed by atoms with van der Waals surface area (Å²) in [5.41, 5.74) is 1.20. The van der Waals surface area contributed by atoms with Crippen LogP contribution < -0.4 is 4.74 Å². The molecule has 4 nitrogen and oxygen atoms in total. The third kappa shape index (κ3) is 4.39. The Kier molecular flexibility index (Phi) is 5.26. The summed E-state index contributed by atoms with van der Waals surface area (Å²) in [7, 11) is 0. The van der Waals surface area contributed by atoms with Crippen molar-refractivity contribution >= 4 is 17.0 Å². The fraction of sp³-hybridized carbons (Fsp3) is 0.533. The third-order valence-electron chi connectivity index (χ3n) is 3.46. The highest BCUT2D eigenvalue weighted by Crippen LogP contribution is 2.15. The van der Waals surface area contributed by atoms with Gasteiger partial charge in [-0.1, -0.05) is 12.1 Å². The number of piperazine rings is 1. The lowest BCUT2D eigenvalue weighted by molar-refractivity contribution is 0.106. The molecule has 0 spiro atoms. The Balaban J connectivity index is 1.78. The van der Waals surface area contributed by atoms with Crippen LogP contribution in [0.2, 0.25) is 0 Å². The van der Waals surface area contributed by atoms with Gasteiger partial charge in [-0.2, -0.15) is 0 Å². The molecule has 1 atom stereocenters. The molecule has 2 rings (SSSR count). The van der Waals surface area contributed by atoms with Gasteiger partial charge >= 0.3 is 5.37 Å². The number of aryl methyl sites for hydroxylation is 1. The van der Waals surface area contributed by atoms with Crippen molar-refractivity contribution in [3.8, 4) is 5.75 Å². The molecular weight excluding hydrogens is 276 g/mol. The maximum atomic E-state index is 11.0. The predicted molar refractivity (Wildman–Crippen MR) is 80.5 cm³/mol. The van der Waals surface area contributed by atoms with Crippen molar-refractivity contribution < 1.29 is 9.53 Å². The molecule has 1 heterocycles. The Labute approximate surface area is 125 Å². The summed E-state index contributed by atoms with van der Waals surface area (Å²) in [6.07, 6.45) is 0.120. The fourth-order valence-corrected chi connectivity index (χ4v) is 2.60. The van der Waals surface area contributed by atoms with Gasteiger partial charge in [0.25, 0.3) is 0 Å². The van der Waals surface area contributed by atoms with Crippen LogP contribution in [0.25, 0.3) is 0 Å². The topological polar surface area (TPSA) is 32.8 Å². The first-order chi connectivity index (χ1) is 9.54. The lowest BCUT2D eigenvalue weighted by Gasteiger charge is -2.34. The maximum Gasteiger partial charge on any atom is 0.316 e. The van der Waals surface area contributed by atoms with E-state index >= 15 is 0 Å². The molecule has 5 heteroatoms. The number of hydrogen-bond donors (Lipinski definition) is 0. The molecule has 0 saturated carbocycles. The molecular formula is C15H21ClN2O2. The number of nitrogens with zero attached hydrogens (tertiary/aromatic N) is 2. The highest BCUT2D eigenvalue weighted by molar-refractivity contribution is 6.62. The lowest BCUT2D eigenvalue weighted by atomic mass is 10.2. The summed E-state index contributed by atoms with van der Waals surface area (Å²) >= 11 is 5.48. The summed E-state index contributed by atoms with van der Waals surface area (Å²) in [5, 5.41) is -0.353. The molecule has 1 aliphatic rings. The minimum absolute atomic E-state index is 0.120. The van der Waals surface area contributed by atoms with E-state index in [0.717, 1.165) is 25.4 Å². The predicted octanol–water partition coefficient (Wildman–Crippen LogP) is 2.74. The number of rotatable bonds is 4. The van der Waals surface area contributed by atoms with Gasteiger partial charge < -0.3 is 9.64 Å². The Hall–Kier alpha value is -1.26. The van der Waals surface area contributed by atoms with Crippen molar-refractivity contribution in [2.45, 2.75) is 20.0 Å². The minimum atomic E-state index is -0.353. The van der Waals surface area contributed by atoms with Crippen LogP contribution in [-0.4, -0.2) is 54.0 Å². The largest absolute Gasteiger partial charge is 0.489 e. The SMILES string of the molecule is Cc1cccc(OC(C)CN2CCN(C(=O)Cl)CC2)c1. The molecule has 0 aliphatic carbocycles. The minimum Gasteiger partial charge on any atom is -0.489 e. The number of hydrogen-bond acceptors (Lipinski definition) is 3. The first-order valence-corrected chi connectivity index (χ1v) is 7.32. The van der Waals surface area contributed by atoms with Gasteiger partial charge in [0.05, 0.1) is 0 Å². The Morgan fingerprint density at radius 1 is 1.35 bits per heavy atom. The number of carbonyl (C=O) groups excluding carboxylic acids is 1. The number of ether oxygens (including phenoxy) is 1. The van der Waals surface area contributed by atoms with Gasteiger partial charge in [-0.3, -0.25) is 9.69 Å². The van der Waals surface area contributed by atoms with Crippen molar-refractivity contribution in [3.05, 3.63) is 29.8 Å². The van der Waals surface area contributed by atoms with Crippen LogP contribution in [0, 0.1) is 6.92 Å². The molecule has 110 valence electrons. The van der Waals surface area contributed by atoms with Crippen LogP contribution in [0.4, 0.5) is 4.79 Å². The van der Waals surface area contributed by atoms with E-state index in [2.05, 4.69) is 24.8 Å². The van der Waals surface area contributed by atoms with E-state index in [9.17, 15) is 4.79 Å². The zero-order valence-corrected chi connectivity index (χ0v) is 12.8. The number of benzene rings is 1. The molecule has 1 aromatic carbocycles. The molecule has 1 unspecified atom stereocenters. The van der Waals surface area contributed by atoms with E-state index in [4.69, 9.17) is 16.3 Å². The zero-order valence-electron chi connectivity index (χ0n) is 12.0. The van der Waals surface area contributed by atoms with E-state index in [1.54, 1.807) is 4.90 Å². The zero-order chi connectivity index (χ0) is 14.5. The van der Waals surface area contributed by atoms with Crippen molar-refractivity contribution in [1.82, 2.24) is 9.80 Å². The van der Waals surface area contributed by atoms with Crippen molar-refractivity contribution in [2.24, 2.45) is 0 Å². The maximum absolute atomic E-state index is 11.0. The number of halogens is 1. The molecule has 1 fully saturated rings. The van der Waals surface area contributed by atoms with E-state index < -0.39 is 0 Å². The normalized spacial score (nSPS) is 17.9. The third-order valence-corrected chi connectivity index (χ3v) is 3.70. The average Bonchev–Trinajstić information content (AvgIpc) is 2.39. The first kappa shape index (κ1) is 15.1. The lowest BCUT2D eigenvalue weighted by Crippen LogP contribution is -2.49. The van der Waals surface area contributed by atoms with Gasteiger partial charge in [0, 0.05) is 32.7 Å². The highest BCUT2D eigenvalue weighted by atomic mass is 35.5. The van der Waals surface area contributed by atoms with Gasteiger partial charge in [-0.05, 0) is 43.1 Å². The molecule has 20 heavy (non-hydrogen) atoms. The summed E-state index contributed by atoms with van der Waals surface area (Å²) in [5.74, 6) is 0.909. The standard InChI is InChI=1S/C15H21ClN2O2/c1-12-4-3-5-14(10-12)20-13(2)11-17-6-8-18(9-7-17)15(16)19/h3-5,10,13H,6-9,11H2,1-2H3. The second-order valence-electron chi connectivity index (χ2n) is 5.29. The van der Waals surface area contributed by atoms with Crippen LogP contribution in [0.15, 0.2) is 24.3 Å². The molecule has 0 bridgehead atoms. The first-order valence-electron chi connectivity index (χ1n) is 6.94. The molecule has 0 radical (unpaired) electrons. The molecule has 0 N–H and O–H groups in total. The van der Waals surface area contributed by atoms with Crippen LogP contribution in [0.5, 0.6) is 5.75 Å². The second-order valence-corrected chi connectivity index (χ2v) is 5.61. The van der Waals surface area contributed by atoms with Crippen LogP contribution >= 0.6 is 11.6 Å². The number of carbonyl (C=O) groups is 1. The van der Waals surface area contributed by atoms with Crippen LogP contribution in [-0.2, 0) is 0 Å². The van der Waals surface area contributed by atoms with E-state index in [-0.39, 0.29) is 11.5 Å². The Morgan fingerprint density at radius 2 is 2.05 bits per heavy atom. The van der Waals surface area contributed by atoms with Gasteiger partial charge in [0.1, 0.15) is 11.9 Å². The van der Waals surface area contributed by atoms with Crippen molar-refractivity contribution in [1.29, 1.82) is 0 Å². The van der Waals surface area contributed by atoms with Gasteiger partial charge in [0.2, 0.25) is 0 Å². The van der Waals surface area contributed by atoms with E-state index in [1.165, 1.54) is 5.56 Å². The highest BCUT2D eigenvalue weighted by Gasteiger charge is 2.21. The Morgan fingerprint density at radius 3 is 2.65 bits per heavy atom. The van der Waals surface area contributed by atoms with Gasteiger partial charge in [-0.25, -0.2) is 0 Å². The molecule has 1 saturated heterocycles. The van der Waals surface area contributed by atoms with Crippen molar-refractivity contribution in [2.75, 3.05) is 32.7 Å².